The molecule has 3 aromatic carbocycles. The van der Waals surface area contributed by atoms with Crippen molar-refractivity contribution in [1.82, 2.24) is 0 Å². The maximum Gasteiger partial charge on any atom is 0.338 e. The average Bonchev–Trinajstić information content (AvgIpc) is 3.61. The predicted octanol–water partition coefficient (Wildman–Crippen LogP) is 5.03. The molecule has 39 heavy (non-hydrogen) atoms. The van der Waals surface area contributed by atoms with E-state index in [1.54, 1.807) is 12.1 Å². The highest BCUT2D eigenvalue weighted by molar-refractivity contribution is 6.22. The summed E-state index contributed by atoms with van der Waals surface area (Å²) in [6.45, 7) is 3.36. The van der Waals surface area contributed by atoms with Crippen LogP contribution in [0.25, 0.3) is 0 Å². The monoisotopic (exact) mass is 522 g/mol. The molecule has 1 heterocycles. The molecule has 7 heteroatoms. The lowest BCUT2D eigenvalue weighted by molar-refractivity contribution is -0.123. The number of imide groups is 1. The largest absolute Gasteiger partial charge is 0.452 e. The molecule has 1 aliphatic heterocycles. The number of aryl methyl sites for hydroxylation is 2. The van der Waals surface area contributed by atoms with Gasteiger partial charge in [-0.3, -0.25) is 19.3 Å². The van der Waals surface area contributed by atoms with Crippen molar-refractivity contribution in [3.05, 3.63) is 95.1 Å². The molecule has 0 unspecified atom stereocenters. The van der Waals surface area contributed by atoms with Crippen molar-refractivity contribution in [3.63, 3.8) is 0 Å². The highest BCUT2D eigenvalue weighted by Crippen LogP contribution is 2.61. The van der Waals surface area contributed by atoms with Crippen LogP contribution in [-0.2, 0) is 19.1 Å². The van der Waals surface area contributed by atoms with E-state index in [1.807, 2.05) is 50.2 Å². The highest BCUT2D eigenvalue weighted by atomic mass is 16.5. The lowest BCUT2D eigenvalue weighted by Crippen LogP contribution is -2.33. The van der Waals surface area contributed by atoms with Gasteiger partial charge in [-0.2, -0.15) is 0 Å². The van der Waals surface area contributed by atoms with Crippen LogP contribution in [0.1, 0.15) is 45.8 Å². The number of amides is 3. The minimum atomic E-state index is -0.655. The Labute approximate surface area is 227 Å². The maximum absolute atomic E-state index is 13.5. The predicted molar refractivity (Wildman–Crippen MR) is 146 cm³/mol. The number of hydrogen-bond acceptors (Lipinski definition) is 5. The summed E-state index contributed by atoms with van der Waals surface area (Å²) in [6.07, 6.45) is 1.85. The summed E-state index contributed by atoms with van der Waals surface area (Å²) in [4.78, 5) is 53.1. The maximum atomic E-state index is 13.5. The van der Waals surface area contributed by atoms with Crippen molar-refractivity contribution in [2.45, 2.75) is 32.6 Å². The van der Waals surface area contributed by atoms with E-state index < -0.39 is 18.5 Å². The van der Waals surface area contributed by atoms with Gasteiger partial charge in [-0.25, -0.2) is 4.79 Å². The normalized spacial score (nSPS) is 25.1. The molecule has 1 saturated heterocycles. The van der Waals surface area contributed by atoms with Crippen LogP contribution in [0.4, 0.5) is 11.4 Å². The quantitative estimate of drug-likeness (QED) is 0.362. The van der Waals surface area contributed by atoms with E-state index in [2.05, 4.69) is 17.4 Å². The van der Waals surface area contributed by atoms with E-state index in [0.29, 0.717) is 17.3 Å². The number of nitrogens with one attached hydrogen (secondary N) is 1. The Morgan fingerprint density at radius 1 is 0.846 bits per heavy atom. The van der Waals surface area contributed by atoms with E-state index in [0.717, 1.165) is 24.0 Å². The molecule has 0 radical (unpaired) electrons. The number of carbonyl (C=O) groups is 4. The van der Waals surface area contributed by atoms with Gasteiger partial charge in [0.2, 0.25) is 11.8 Å². The van der Waals surface area contributed by atoms with E-state index in [1.165, 1.54) is 22.6 Å². The first-order valence-electron chi connectivity index (χ1n) is 13.4. The van der Waals surface area contributed by atoms with Crippen LogP contribution >= 0.6 is 0 Å². The van der Waals surface area contributed by atoms with Crippen LogP contribution in [0, 0.1) is 37.5 Å². The molecule has 0 aromatic heterocycles. The van der Waals surface area contributed by atoms with Crippen LogP contribution in [0.5, 0.6) is 0 Å². The Kier molecular flexibility index (Phi) is 6.29. The molecule has 1 N–H and O–H groups in total. The van der Waals surface area contributed by atoms with Gasteiger partial charge in [0, 0.05) is 5.69 Å². The first-order valence-corrected chi connectivity index (χ1v) is 13.4. The number of fused-ring (bicyclic) bond motifs is 5. The second-order valence-electron chi connectivity index (χ2n) is 10.9. The minimum absolute atomic E-state index is 0.137. The van der Waals surface area contributed by atoms with Crippen molar-refractivity contribution < 1.29 is 23.9 Å². The van der Waals surface area contributed by atoms with Gasteiger partial charge >= 0.3 is 5.97 Å². The van der Waals surface area contributed by atoms with Crippen LogP contribution in [-0.4, -0.2) is 30.3 Å². The smallest absolute Gasteiger partial charge is 0.338 e. The molecule has 3 amide bonds. The number of benzene rings is 3. The Balaban J connectivity index is 1.10. The molecule has 3 aliphatic rings. The second kappa shape index (κ2) is 9.80. The Bertz CT molecular complexity index is 1450. The first kappa shape index (κ1) is 25.0. The Morgan fingerprint density at radius 2 is 1.51 bits per heavy atom. The molecule has 2 saturated carbocycles. The van der Waals surface area contributed by atoms with Crippen LogP contribution in [0.15, 0.2) is 72.8 Å². The van der Waals surface area contributed by atoms with Crippen molar-refractivity contribution in [2.24, 2.45) is 23.7 Å². The van der Waals surface area contributed by atoms with Gasteiger partial charge in [0.1, 0.15) is 0 Å². The summed E-state index contributed by atoms with van der Waals surface area (Å²) in [5, 5.41) is 2.79. The standard InChI is InChI=1S/C32H30N2O5/c1-18-7-6-8-19(2)29(18)33-26(35)17-39-32(38)21-11-13-23(14-12-21)34-30(36)27-22-15-24(20-9-4-3-5-10-20)25(16-22)28(27)31(34)37/h3-14,22,24-25,27-28H,15-17H2,1-2H3,(H,33,35)/t22-,24+,25+,27+,28+/m0/s1. The third kappa shape index (κ3) is 4.32. The topological polar surface area (TPSA) is 92.8 Å². The van der Waals surface area contributed by atoms with Gasteiger partial charge in [0.25, 0.3) is 5.91 Å². The van der Waals surface area contributed by atoms with Gasteiger partial charge in [-0.1, -0.05) is 48.5 Å². The van der Waals surface area contributed by atoms with Gasteiger partial charge in [0.05, 0.1) is 23.1 Å². The van der Waals surface area contributed by atoms with Crippen molar-refractivity contribution in [1.29, 1.82) is 0 Å². The fourth-order valence-electron chi connectivity index (χ4n) is 6.95. The minimum Gasteiger partial charge on any atom is -0.452 e. The lowest BCUT2D eigenvalue weighted by Gasteiger charge is -2.28. The first-order chi connectivity index (χ1) is 18.8. The molecule has 198 valence electrons. The summed E-state index contributed by atoms with van der Waals surface area (Å²) in [5.74, 6) is -1.22. The van der Waals surface area contributed by atoms with E-state index in [-0.39, 0.29) is 41.0 Å². The van der Waals surface area contributed by atoms with Crippen LogP contribution < -0.4 is 10.2 Å². The van der Waals surface area contributed by atoms with Crippen LogP contribution in [0.3, 0.4) is 0 Å². The Morgan fingerprint density at radius 3 is 2.21 bits per heavy atom. The molecule has 3 aromatic rings. The zero-order chi connectivity index (χ0) is 27.3. The second-order valence-corrected chi connectivity index (χ2v) is 10.9. The summed E-state index contributed by atoms with van der Waals surface area (Å²) >= 11 is 0. The number of para-hydroxylation sites is 1. The van der Waals surface area contributed by atoms with Crippen molar-refractivity contribution >= 4 is 35.1 Å². The molecule has 5 atom stereocenters. The molecule has 6 rings (SSSR count). The van der Waals surface area contributed by atoms with Crippen LogP contribution in [0.2, 0.25) is 0 Å². The summed E-state index contributed by atoms with van der Waals surface area (Å²) in [6, 6.07) is 22.2. The van der Waals surface area contributed by atoms with E-state index in [9.17, 15) is 19.2 Å². The molecule has 3 fully saturated rings. The molecular formula is C32H30N2O5. The summed E-state index contributed by atoms with van der Waals surface area (Å²) in [7, 11) is 0. The fraction of sp³-hybridized carbons (Fsp3) is 0.312. The molecule has 0 spiro atoms. The zero-order valence-electron chi connectivity index (χ0n) is 21.9. The number of anilines is 2. The number of carbonyl (C=O) groups excluding carboxylic acids is 4. The number of hydrogen-bond donors (Lipinski definition) is 1. The molecule has 2 bridgehead atoms. The SMILES string of the molecule is Cc1cccc(C)c1NC(=O)COC(=O)c1ccc(N2C(=O)[C@@H]3[C@@H]4C[C@@H]([C@H]3C2=O)[C@@H](c2ccccc2)C4)cc1. The third-order valence-corrected chi connectivity index (χ3v) is 8.68. The molecule has 2 aliphatic carbocycles. The highest BCUT2D eigenvalue weighted by Gasteiger charge is 2.64. The van der Waals surface area contributed by atoms with E-state index in [4.69, 9.17) is 4.74 Å². The number of esters is 1. The number of ether oxygens (including phenoxy) is 1. The summed E-state index contributed by atoms with van der Waals surface area (Å²) in [5.41, 5.74) is 4.48. The van der Waals surface area contributed by atoms with Gasteiger partial charge in [-0.15, -0.1) is 0 Å². The van der Waals surface area contributed by atoms with E-state index >= 15 is 0 Å². The third-order valence-electron chi connectivity index (χ3n) is 8.68. The van der Waals surface area contributed by atoms with Gasteiger partial charge in [0.15, 0.2) is 6.61 Å². The Hall–Kier alpha value is -4.26. The summed E-state index contributed by atoms with van der Waals surface area (Å²) < 4.78 is 5.20. The molecular weight excluding hydrogens is 492 g/mol. The average molecular weight is 523 g/mol. The zero-order valence-corrected chi connectivity index (χ0v) is 21.9. The van der Waals surface area contributed by atoms with Crippen molar-refractivity contribution in [3.8, 4) is 0 Å². The number of rotatable bonds is 6. The fourth-order valence-corrected chi connectivity index (χ4v) is 6.95. The molecule has 7 nitrogen and oxygen atoms in total. The number of nitrogens with zero attached hydrogens (tertiary/aromatic N) is 1. The lowest BCUT2D eigenvalue weighted by atomic mass is 9.73. The van der Waals surface area contributed by atoms with Gasteiger partial charge < -0.3 is 10.1 Å². The van der Waals surface area contributed by atoms with Crippen molar-refractivity contribution in [2.75, 3.05) is 16.8 Å². The van der Waals surface area contributed by atoms with Gasteiger partial charge in [-0.05, 0) is 85.4 Å².